The average Bonchev–Trinajstić information content (AvgIpc) is 3.93. The molecule has 12 nitrogen and oxygen atoms in total. The van der Waals surface area contributed by atoms with E-state index < -0.39 is 24.3 Å². The molecule has 4 aliphatic heterocycles. The van der Waals surface area contributed by atoms with Crippen LogP contribution in [0.2, 0.25) is 0 Å². The molecule has 246 valence electrons. The van der Waals surface area contributed by atoms with E-state index in [1.807, 2.05) is 24.3 Å². The largest absolute Gasteiger partial charge is 0.436 e. The Labute approximate surface area is 272 Å². The molecule has 2 N–H and O–H groups in total. The van der Waals surface area contributed by atoms with E-state index in [1.165, 1.54) is 0 Å². The third kappa shape index (κ3) is 6.66. The summed E-state index contributed by atoms with van der Waals surface area (Å²) in [5.74, 6) is 0.416. The van der Waals surface area contributed by atoms with Gasteiger partial charge in [0.05, 0.1) is 6.20 Å². The smallest absolute Gasteiger partial charge is 0.252 e. The second-order valence-corrected chi connectivity index (χ2v) is 12.5. The molecule has 12 heteroatoms. The highest BCUT2D eigenvalue weighted by atomic mass is 16.5. The fraction of sp³-hybridized carbons (Fsp3) is 0.457. The highest BCUT2D eigenvalue weighted by Crippen LogP contribution is 2.30. The number of rotatable bonds is 8. The summed E-state index contributed by atoms with van der Waals surface area (Å²) >= 11 is 0. The van der Waals surface area contributed by atoms with Gasteiger partial charge in [0.15, 0.2) is 5.76 Å². The van der Waals surface area contributed by atoms with Crippen molar-refractivity contribution >= 4 is 35.0 Å². The Kier molecular flexibility index (Phi) is 9.03. The van der Waals surface area contributed by atoms with Gasteiger partial charge in [0.1, 0.15) is 24.3 Å². The first-order valence-electron chi connectivity index (χ1n) is 16.6. The van der Waals surface area contributed by atoms with Crippen molar-refractivity contribution in [2.75, 3.05) is 36.9 Å². The molecule has 1 aromatic heterocycles. The van der Waals surface area contributed by atoms with E-state index >= 15 is 0 Å². The van der Waals surface area contributed by atoms with E-state index in [-0.39, 0.29) is 23.6 Å². The Bertz CT molecular complexity index is 1490. The Balaban J connectivity index is 0.940. The SMILES string of the molecule is O=C(Nc1ccc(-c2cnc(-c3ccc(NC(=O)[C@@H]4CCCN4C(=O)[C@@H]4CCCO4)cc3)o2)cc1)C1CCCN1C(=O)C1CCCO1. The Morgan fingerprint density at radius 1 is 0.638 bits per heavy atom. The summed E-state index contributed by atoms with van der Waals surface area (Å²) in [6.45, 7) is 2.32. The molecule has 4 aliphatic rings. The van der Waals surface area contributed by atoms with Crippen LogP contribution in [0, 0.1) is 0 Å². The van der Waals surface area contributed by atoms with Crippen LogP contribution in [0.3, 0.4) is 0 Å². The Morgan fingerprint density at radius 2 is 1.13 bits per heavy atom. The maximum absolute atomic E-state index is 13.1. The number of carbonyl (C=O) groups excluding carboxylic acids is 4. The highest BCUT2D eigenvalue weighted by Gasteiger charge is 2.39. The van der Waals surface area contributed by atoms with Gasteiger partial charge in [-0.2, -0.15) is 0 Å². The van der Waals surface area contributed by atoms with Gasteiger partial charge >= 0.3 is 0 Å². The summed E-state index contributed by atoms with van der Waals surface area (Å²) in [6, 6.07) is 13.5. The highest BCUT2D eigenvalue weighted by molar-refractivity contribution is 5.99. The summed E-state index contributed by atoms with van der Waals surface area (Å²) in [5.41, 5.74) is 2.79. The molecule has 4 fully saturated rings. The topological polar surface area (TPSA) is 143 Å². The second kappa shape index (κ2) is 13.7. The minimum absolute atomic E-state index is 0.0881. The van der Waals surface area contributed by atoms with Crippen molar-refractivity contribution in [3.8, 4) is 22.8 Å². The van der Waals surface area contributed by atoms with E-state index in [0.717, 1.165) is 36.8 Å². The third-order valence-electron chi connectivity index (χ3n) is 9.43. The molecule has 2 aromatic carbocycles. The van der Waals surface area contributed by atoms with E-state index in [2.05, 4.69) is 15.6 Å². The first-order chi connectivity index (χ1) is 22.9. The number of likely N-dealkylation sites (tertiary alicyclic amines) is 2. The van der Waals surface area contributed by atoms with Crippen LogP contribution in [0.4, 0.5) is 11.4 Å². The maximum Gasteiger partial charge on any atom is 0.252 e. The molecule has 47 heavy (non-hydrogen) atoms. The van der Waals surface area contributed by atoms with Crippen molar-refractivity contribution in [2.24, 2.45) is 0 Å². The molecular weight excluding hydrogens is 602 g/mol. The molecule has 4 saturated heterocycles. The molecule has 3 aromatic rings. The lowest BCUT2D eigenvalue weighted by Gasteiger charge is -2.26. The average molecular weight is 642 g/mol. The van der Waals surface area contributed by atoms with Crippen molar-refractivity contribution in [1.29, 1.82) is 0 Å². The normalized spacial score (nSPS) is 24.1. The number of hydrogen-bond donors (Lipinski definition) is 2. The van der Waals surface area contributed by atoms with E-state index in [1.54, 1.807) is 40.3 Å². The number of aromatic nitrogens is 1. The number of benzene rings is 2. The summed E-state index contributed by atoms with van der Waals surface area (Å²) in [5, 5.41) is 5.90. The minimum atomic E-state index is -0.501. The predicted octanol–water partition coefficient (Wildman–Crippen LogP) is 4.23. The molecule has 7 rings (SSSR count). The van der Waals surface area contributed by atoms with Gasteiger partial charge in [-0.1, -0.05) is 0 Å². The Morgan fingerprint density at radius 3 is 1.60 bits per heavy atom. The fourth-order valence-corrected chi connectivity index (χ4v) is 6.93. The van der Waals surface area contributed by atoms with Crippen LogP contribution in [0.5, 0.6) is 0 Å². The molecule has 5 heterocycles. The van der Waals surface area contributed by atoms with Crippen LogP contribution in [0.15, 0.2) is 59.1 Å². The van der Waals surface area contributed by atoms with Crippen LogP contribution >= 0.6 is 0 Å². The van der Waals surface area contributed by atoms with E-state index in [0.29, 0.717) is 75.0 Å². The summed E-state index contributed by atoms with van der Waals surface area (Å²) in [7, 11) is 0. The Hall–Kier alpha value is -4.55. The molecule has 2 unspecified atom stereocenters. The molecule has 4 atom stereocenters. The zero-order valence-corrected chi connectivity index (χ0v) is 26.2. The van der Waals surface area contributed by atoms with Crippen molar-refractivity contribution < 1.29 is 33.1 Å². The zero-order valence-electron chi connectivity index (χ0n) is 26.2. The summed E-state index contributed by atoms with van der Waals surface area (Å²) in [6.07, 6.45) is 6.77. The minimum Gasteiger partial charge on any atom is -0.436 e. The van der Waals surface area contributed by atoms with Crippen molar-refractivity contribution in [3.63, 3.8) is 0 Å². The van der Waals surface area contributed by atoms with Crippen LogP contribution in [-0.4, -0.2) is 89.0 Å². The summed E-state index contributed by atoms with van der Waals surface area (Å²) < 4.78 is 17.1. The van der Waals surface area contributed by atoms with Gasteiger partial charge in [-0.25, -0.2) is 4.98 Å². The monoisotopic (exact) mass is 641 g/mol. The number of ether oxygens (including phenoxy) is 2. The second-order valence-electron chi connectivity index (χ2n) is 12.5. The zero-order chi connectivity index (χ0) is 32.3. The van der Waals surface area contributed by atoms with Crippen LogP contribution in [-0.2, 0) is 28.7 Å². The first kappa shape index (κ1) is 31.1. The van der Waals surface area contributed by atoms with Gasteiger partial charge in [0.25, 0.3) is 11.8 Å². The molecule has 0 spiro atoms. The van der Waals surface area contributed by atoms with Crippen molar-refractivity contribution in [3.05, 3.63) is 54.7 Å². The number of nitrogens with zero attached hydrogens (tertiary/aromatic N) is 3. The molecule has 0 bridgehead atoms. The molecular formula is C35H39N5O7. The quantitative estimate of drug-likeness (QED) is 0.372. The number of hydrogen-bond acceptors (Lipinski definition) is 8. The number of carbonyl (C=O) groups is 4. The fourth-order valence-electron chi connectivity index (χ4n) is 6.93. The number of amides is 4. The van der Waals surface area contributed by atoms with Crippen LogP contribution in [0.25, 0.3) is 22.8 Å². The van der Waals surface area contributed by atoms with Gasteiger partial charge in [-0.05, 0) is 99.9 Å². The van der Waals surface area contributed by atoms with Crippen molar-refractivity contribution in [2.45, 2.75) is 75.7 Å². The first-order valence-corrected chi connectivity index (χ1v) is 16.6. The number of oxazole rings is 1. The van der Waals surface area contributed by atoms with Gasteiger partial charge < -0.3 is 34.3 Å². The predicted molar refractivity (Wildman–Crippen MR) is 172 cm³/mol. The lowest BCUT2D eigenvalue weighted by Crippen LogP contribution is -2.47. The molecule has 0 saturated carbocycles. The lowest BCUT2D eigenvalue weighted by molar-refractivity contribution is -0.144. The van der Waals surface area contributed by atoms with Gasteiger partial charge in [-0.15, -0.1) is 0 Å². The standard InChI is InChI=1S/C35H39N5O7/c41-31(26-5-1-17-39(26)34(43)28-7-3-19-45-28)37-24-13-9-22(10-14-24)30-21-36-33(47-30)23-11-15-25(16-12-23)38-32(42)27-6-2-18-40(27)35(44)29-8-4-20-46-29/h9-16,21,26-29H,1-8,17-20H2,(H,37,41)(H,38,42)/t26?,27-,28?,29-/m0/s1. The molecule has 0 aliphatic carbocycles. The van der Waals surface area contributed by atoms with Crippen LogP contribution in [0.1, 0.15) is 51.4 Å². The van der Waals surface area contributed by atoms with Crippen molar-refractivity contribution in [1.82, 2.24) is 14.8 Å². The van der Waals surface area contributed by atoms with Gasteiger partial charge in [0.2, 0.25) is 17.7 Å². The number of nitrogens with one attached hydrogen (secondary N) is 2. The van der Waals surface area contributed by atoms with E-state index in [4.69, 9.17) is 13.9 Å². The van der Waals surface area contributed by atoms with Crippen LogP contribution < -0.4 is 10.6 Å². The van der Waals surface area contributed by atoms with Gasteiger partial charge in [0, 0.05) is 48.8 Å². The molecule has 4 amide bonds. The maximum atomic E-state index is 13.1. The lowest BCUT2D eigenvalue weighted by atomic mass is 10.1. The summed E-state index contributed by atoms with van der Waals surface area (Å²) in [4.78, 5) is 59.7. The number of anilines is 2. The molecule has 0 radical (unpaired) electrons. The third-order valence-corrected chi connectivity index (χ3v) is 9.43. The van der Waals surface area contributed by atoms with E-state index in [9.17, 15) is 19.2 Å². The van der Waals surface area contributed by atoms with Gasteiger partial charge in [-0.3, -0.25) is 19.2 Å².